The third-order valence-electron chi connectivity index (χ3n) is 1.98. The SMILES string of the molecule is O=Cc1cc(S(=O)(=O)O)cc2cn[nH]c12. The number of nitrogens with zero attached hydrogens (tertiary/aromatic N) is 1. The summed E-state index contributed by atoms with van der Waals surface area (Å²) in [5.41, 5.74) is 0.579. The van der Waals surface area contributed by atoms with Gasteiger partial charge in [-0.1, -0.05) is 0 Å². The van der Waals surface area contributed by atoms with Crippen LogP contribution in [0.1, 0.15) is 10.4 Å². The van der Waals surface area contributed by atoms with Gasteiger partial charge in [0.1, 0.15) is 0 Å². The van der Waals surface area contributed by atoms with Gasteiger partial charge in [-0.2, -0.15) is 13.5 Å². The van der Waals surface area contributed by atoms with E-state index in [4.69, 9.17) is 4.55 Å². The standard InChI is InChI=1S/C8H6N2O4S/c11-4-6-2-7(15(12,13)14)1-5-3-9-10-8(5)6/h1-4H,(H,9,10)(H,12,13,14). The van der Waals surface area contributed by atoms with Gasteiger partial charge in [0.25, 0.3) is 10.1 Å². The van der Waals surface area contributed by atoms with Crippen molar-refractivity contribution in [2.45, 2.75) is 4.90 Å². The first-order valence-corrected chi connectivity index (χ1v) is 5.36. The van der Waals surface area contributed by atoms with Gasteiger partial charge in [-0.3, -0.25) is 14.4 Å². The fourth-order valence-corrected chi connectivity index (χ4v) is 1.85. The lowest BCUT2D eigenvalue weighted by Gasteiger charge is -1.99. The molecule has 7 heteroatoms. The van der Waals surface area contributed by atoms with Crippen molar-refractivity contribution < 1.29 is 17.8 Å². The van der Waals surface area contributed by atoms with Gasteiger partial charge in [0.2, 0.25) is 0 Å². The van der Waals surface area contributed by atoms with E-state index in [1.165, 1.54) is 12.3 Å². The summed E-state index contributed by atoms with van der Waals surface area (Å²) in [7, 11) is -4.31. The Labute approximate surface area is 84.7 Å². The van der Waals surface area contributed by atoms with Gasteiger partial charge in [0.15, 0.2) is 6.29 Å². The van der Waals surface area contributed by atoms with Crippen molar-refractivity contribution in [3.05, 3.63) is 23.9 Å². The highest BCUT2D eigenvalue weighted by molar-refractivity contribution is 7.85. The highest BCUT2D eigenvalue weighted by Gasteiger charge is 2.13. The molecule has 15 heavy (non-hydrogen) atoms. The maximum Gasteiger partial charge on any atom is 0.294 e. The highest BCUT2D eigenvalue weighted by Crippen LogP contribution is 2.20. The minimum atomic E-state index is -4.31. The van der Waals surface area contributed by atoms with Gasteiger partial charge in [0, 0.05) is 10.9 Å². The monoisotopic (exact) mass is 226 g/mol. The maximum atomic E-state index is 10.9. The summed E-state index contributed by atoms with van der Waals surface area (Å²) in [5.74, 6) is 0. The predicted octanol–water partition coefficient (Wildman–Crippen LogP) is 0.622. The quantitative estimate of drug-likeness (QED) is 0.577. The fourth-order valence-electron chi connectivity index (χ4n) is 1.30. The zero-order chi connectivity index (χ0) is 11.1. The Hall–Kier alpha value is -1.73. The lowest BCUT2D eigenvalue weighted by molar-refractivity contribution is 0.112. The first-order valence-electron chi connectivity index (χ1n) is 3.92. The van der Waals surface area contributed by atoms with E-state index in [1.807, 2.05) is 0 Å². The van der Waals surface area contributed by atoms with Crippen LogP contribution < -0.4 is 0 Å². The van der Waals surface area contributed by atoms with Crippen LogP contribution in [0, 0.1) is 0 Å². The summed E-state index contributed by atoms with van der Waals surface area (Å²) in [4.78, 5) is 10.4. The van der Waals surface area contributed by atoms with Gasteiger partial charge in [-0.15, -0.1) is 0 Å². The van der Waals surface area contributed by atoms with Gasteiger partial charge in [-0.25, -0.2) is 0 Å². The molecular formula is C8H6N2O4S. The molecule has 0 saturated heterocycles. The lowest BCUT2D eigenvalue weighted by atomic mass is 10.2. The van der Waals surface area contributed by atoms with E-state index < -0.39 is 10.1 Å². The second-order valence-electron chi connectivity index (χ2n) is 2.94. The Morgan fingerprint density at radius 1 is 1.40 bits per heavy atom. The number of fused-ring (bicyclic) bond motifs is 1. The molecule has 0 aliphatic heterocycles. The van der Waals surface area contributed by atoms with Gasteiger partial charge < -0.3 is 0 Å². The Morgan fingerprint density at radius 3 is 2.73 bits per heavy atom. The molecule has 0 fully saturated rings. The van der Waals surface area contributed by atoms with E-state index in [0.717, 1.165) is 6.07 Å². The van der Waals surface area contributed by atoms with Gasteiger partial charge >= 0.3 is 0 Å². The molecule has 0 aliphatic rings. The van der Waals surface area contributed by atoms with Gasteiger partial charge in [0.05, 0.1) is 16.6 Å². The predicted molar refractivity (Wildman–Crippen MR) is 51.3 cm³/mol. The third kappa shape index (κ3) is 1.62. The Balaban J connectivity index is 2.86. The largest absolute Gasteiger partial charge is 0.298 e. The van der Waals surface area contributed by atoms with Crippen molar-refractivity contribution in [2.24, 2.45) is 0 Å². The van der Waals surface area contributed by atoms with E-state index >= 15 is 0 Å². The van der Waals surface area contributed by atoms with Gasteiger partial charge in [-0.05, 0) is 12.1 Å². The summed E-state index contributed by atoms with van der Waals surface area (Å²) >= 11 is 0. The van der Waals surface area contributed by atoms with Crippen molar-refractivity contribution in [1.29, 1.82) is 0 Å². The first kappa shape index (κ1) is 9.81. The van der Waals surface area contributed by atoms with Crippen LogP contribution >= 0.6 is 0 Å². The molecule has 0 unspecified atom stereocenters. The molecule has 0 aliphatic carbocycles. The van der Waals surface area contributed by atoms with Crippen LogP contribution in [-0.4, -0.2) is 29.5 Å². The molecule has 1 heterocycles. The number of hydrogen-bond acceptors (Lipinski definition) is 4. The summed E-state index contributed by atoms with van der Waals surface area (Å²) in [5, 5.41) is 6.68. The molecular weight excluding hydrogens is 220 g/mol. The van der Waals surface area contributed by atoms with E-state index in [1.54, 1.807) is 0 Å². The molecule has 78 valence electrons. The highest BCUT2D eigenvalue weighted by atomic mass is 32.2. The van der Waals surface area contributed by atoms with Crippen LogP contribution in [0.4, 0.5) is 0 Å². The molecule has 2 N–H and O–H groups in total. The van der Waals surface area contributed by atoms with Crippen LogP contribution in [0.3, 0.4) is 0 Å². The van der Waals surface area contributed by atoms with Crippen LogP contribution in [0.2, 0.25) is 0 Å². The van der Waals surface area contributed by atoms with Crippen LogP contribution in [-0.2, 0) is 10.1 Å². The maximum absolute atomic E-state index is 10.9. The fraction of sp³-hybridized carbons (Fsp3) is 0. The minimum Gasteiger partial charge on any atom is -0.298 e. The van der Waals surface area contributed by atoms with E-state index in [-0.39, 0.29) is 10.5 Å². The topological polar surface area (TPSA) is 100 Å². The molecule has 2 aromatic rings. The summed E-state index contributed by atoms with van der Waals surface area (Å²) in [6.45, 7) is 0. The number of carbonyl (C=O) groups is 1. The Bertz CT molecular complexity index is 629. The molecule has 0 saturated carbocycles. The molecule has 1 aromatic heterocycles. The zero-order valence-corrected chi connectivity index (χ0v) is 8.15. The number of H-pyrrole nitrogens is 1. The second-order valence-corrected chi connectivity index (χ2v) is 4.36. The Morgan fingerprint density at radius 2 is 2.13 bits per heavy atom. The van der Waals surface area contributed by atoms with E-state index in [9.17, 15) is 13.2 Å². The van der Waals surface area contributed by atoms with Crippen LogP contribution in [0.5, 0.6) is 0 Å². The van der Waals surface area contributed by atoms with E-state index in [0.29, 0.717) is 17.2 Å². The normalized spacial score (nSPS) is 11.8. The molecule has 0 bridgehead atoms. The summed E-state index contributed by atoms with van der Waals surface area (Å²) in [6, 6.07) is 2.32. The number of benzene rings is 1. The smallest absolute Gasteiger partial charge is 0.294 e. The summed E-state index contributed by atoms with van der Waals surface area (Å²) in [6.07, 6.45) is 1.87. The second kappa shape index (κ2) is 3.14. The molecule has 2 rings (SSSR count). The van der Waals surface area contributed by atoms with Crippen LogP contribution in [0.15, 0.2) is 23.2 Å². The molecule has 0 atom stereocenters. The van der Waals surface area contributed by atoms with Crippen molar-refractivity contribution >= 4 is 27.3 Å². The molecule has 6 nitrogen and oxygen atoms in total. The number of aromatic amines is 1. The average Bonchev–Trinajstić information content (AvgIpc) is 2.62. The first-order chi connectivity index (χ1) is 7.02. The number of hydrogen-bond donors (Lipinski definition) is 2. The molecule has 0 spiro atoms. The van der Waals surface area contributed by atoms with Crippen molar-refractivity contribution in [3.63, 3.8) is 0 Å². The zero-order valence-electron chi connectivity index (χ0n) is 7.34. The minimum absolute atomic E-state index is 0.137. The van der Waals surface area contributed by atoms with E-state index in [2.05, 4.69) is 10.2 Å². The lowest BCUT2D eigenvalue weighted by Crippen LogP contribution is -1.99. The van der Waals surface area contributed by atoms with Crippen molar-refractivity contribution in [3.8, 4) is 0 Å². The third-order valence-corrected chi connectivity index (χ3v) is 2.81. The number of aldehydes is 1. The number of aromatic nitrogens is 2. The molecule has 1 aromatic carbocycles. The number of nitrogens with one attached hydrogen (secondary N) is 1. The molecule has 0 amide bonds. The average molecular weight is 226 g/mol. The number of rotatable bonds is 2. The molecule has 0 radical (unpaired) electrons. The van der Waals surface area contributed by atoms with Crippen molar-refractivity contribution in [1.82, 2.24) is 10.2 Å². The van der Waals surface area contributed by atoms with Crippen LogP contribution in [0.25, 0.3) is 10.9 Å². The number of carbonyl (C=O) groups excluding carboxylic acids is 1. The van der Waals surface area contributed by atoms with Crippen molar-refractivity contribution in [2.75, 3.05) is 0 Å². The Kier molecular flexibility index (Phi) is 2.06. The summed E-state index contributed by atoms with van der Waals surface area (Å²) < 4.78 is 30.6.